The van der Waals surface area contributed by atoms with Crippen molar-refractivity contribution in [2.45, 2.75) is 51.9 Å². The van der Waals surface area contributed by atoms with Gasteiger partial charge in [0.15, 0.2) is 0 Å². The van der Waals surface area contributed by atoms with Crippen LogP contribution in [0.3, 0.4) is 0 Å². The Labute approximate surface area is 127 Å². The summed E-state index contributed by atoms with van der Waals surface area (Å²) in [6, 6.07) is -0.0197. The van der Waals surface area contributed by atoms with Crippen LogP contribution in [0.15, 0.2) is 0 Å². The van der Waals surface area contributed by atoms with E-state index in [4.69, 9.17) is 5.11 Å². The molecule has 0 radical (unpaired) electrons. The molecule has 1 N–H and O–H groups in total. The van der Waals surface area contributed by atoms with E-state index in [0.29, 0.717) is 5.41 Å². The van der Waals surface area contributed by atoms with E-state index < -0.39 is 11.9 Å². The zero-order valence-corrected chi connectivity index (χ0v) is 13.3. The van der Waals surface area contributed by atoms with Gasteiger partial charge in [0.05, 0.1) is 5.92 Å². The van der Waals surface area contributed by atoms with Crippen LogP contribution in [0.2, 0.25) is 0 Å². The van der Waals surface area contributed by atoms with E-state index in [-0.39, 0.29) is 12.6 Å². The van der Waals surface area contributed by atoms with Crippen LogP contribution in [-0.2, 0) is 4.79 Å². The monoisotopic (exact) mass is 296 g/mol. The predicted molar refractivity (Wildman–Crippen MR) is 81.2 cm³/mol. The van der Waals surface area contributed by atoms with Crippen LogP contribution >= 0.6 is 0 Å². The van der Waals surface area contributed by atoms with Gasteiger partial charge in [0.2, 0.25) is 0 Å². The van der Waals surface area contributed by atoms with Crippen molar-refractivity contribution in [3.63, 3.8) is 0 Å². The van der Waals surface area contributed by atoms with Crippen molar-refractivity contribution in [3.8, 4) is 0 Å². The fraction of sp³-hybridized carbons (Fsp3) is 0.875. The van der Waals surface area contributed by atoms with Crippen molar-refractivity contribution < 1.29 is 14.7 Å². The number of carboxylic acid groups (broad SMARTS) is 1. The molecule has 1 aliphatic carbocycles. The first kappa shape index (κ1) is 16.1. The molecule has 2 rings (SSSR count). The van der Waals surface area contributed by atoms with E-state index in [0.717, 1.165) is 25.9 Å². The normalized spacial score (nSPS) is 22.9. The molecular formula is C16H28N2O3. The number of nitrogens with zero attached hydrogens (tertiary/aromatic N) is 2. The topological polar surface area (TPSA) is 60.9 Å². The molecule has 0 aromatic heterocycles. The molecule has 1 atom stereocenters. The summed E-state index contributed by atoms with van der Waals surface area (Å²) in [6.45, 7) is 3.56. The summed E-state index contributed by atoms with van der Waals surface area (Å²) in [5, 5.41) is 8.94. The van der Waals surface area contributed by atoms with Gasteiger partial charge in [-0.2, -0.15) is 0 Å². The zero-order chi connectivity index (χ0) is 15.5. The third-order valence-electron chi connectivity index (χ3n) is 5.30. The van der Waals surface area contributed by atoms with Gasteiger partial charge in [-0.15, -0.1) is 0 Å². The second-order valence-electron chi connectivity index (χ2n) is 6.95. The van der Waals surface area contributed by atoms with Crippen LogP contribution in [0.1, 0.15) is 51.9 Å². The van der Waals surface area contributed by atoms with Gasteiger partial charge in [-0.25, -0.2) is 4.79 Å². The number of piperidine rings is 1. The van der Waals surface area contributed by atoms with E-state index in [2.05, 4.69) is 0 Å². The lowest BCUT2D eigenvalue weighted by Gasteiger charge is -2.45. The number of hydrogen-bond acceptors (Lipinski definition) is 2. The van der Waals surface area contributed by atoms with Gasteiger partial charge in [0, 0.05) is 26.7 Å². The summed E-state index contributed by atoms with van der Waals surface area (Å²) in [5.41, 5.74) is 0.488. The van der Waals surface area contributed by atoms with E-state index in [1.807, 2.05) is 4.90 Å². The number of urea groups is 1. The van der Waals surface area contributed by atoms with E-state index >= 15 is 0 Å². The molecule has 0 aromatic rings. The summed E-state index contributed by atoms with van der Waals surface area (Å²) in [7, 11) is 1.70. The van der Waals surface area contributed by atoms with Crippen LogP contribution in [0.5, 0.6) is 0 Å². The van der Waals surface area contributed by atoms with Crippen LogP contribution in [0, 0.1) is 11.3 Å². The van der Waals surface area contributed by atoms with Gasteiger partial charge in [-0.3, -0.25) is 4.79 Å². The molecule has 1 unspecified atom stereocenters. The van der Waals surface area contributed by atoms with Gasteiger partial charge in [0.1, 0.15) is 0 Å². The molecule has 1 spiro atoms. The van der Waals surface area contributed by atoms with Crippen LogP contribution < -0.4 is 0 Å². The average Bonchev–Trinajstić information content (AvgIpc) is 2.48. The number of amides is 2. The highest BCUT2D eigenvalue weighted by Gasteiger charge is 2.37. The van der Waals surface area contributed by atoms with Crippen molar-refractivity contribution in [2.24, 2.45) is 11.3 Å². The highest BCUT2D eigenvalue weighted by atomic mass is 16.4. The highest BCUT2D eigenvalue weighted by molar-refractivity contribution is 5.76. The van der Waals surface area contributed by atoms with Crippen molar-refractivity contribution in [1.29, 1.82) is 0 Å². The van der Waals surface area contributed by atoms with E-state index in [1.54, 1.807) is 18.9 Å². The highest BCUT2D eigenvalue weighted by Crippen LogP contribution is 2.44. The summed E-state index contributed by atoms with van der Waals surface area (Å²) >= 11 is 0. The lowest BCUT2D eigenvalue weighted by atomic mass is 9.68. The standard InChI is InChI=1S/C16H28N2O3/c1-13(14(19)20)12-17(2)15(21)18-10-8-16(9-11-18)6-4-3-5-7-16/h13H,3-12H2,1-2H3,(H,19,20). The molecule has 0 bridgehead atoms. The summed E-state index contributed by atoms with van der Waals surface area (Å²) in [6.07, 6.45) is 8.90. The van der Waals surface area contributed by atoms with Gasteiger partial charge in [-0.1, -0.05) is 26.2 Å². The Hall–Kier alpha value is -1.26. The van der Waals surface area contributed by atoms with E-state index in [9.17, 15) is 9.59 Å². The minimum atomic E-state index is -0.852. The molecule has 2 amide bonds. The Bertz CT molecular complexity index is 381. The molecule has 1 saturated carbocycles. The third kappa shape index (κ3) is 3.89. The van der Waals surface area contributed by atoms with E-state index in [1.165, 1.54) is 32.1 Å². The lowest BCUT2D eigenvalue weighted by Crippen LogP contribution is -2.49. The maximum absolute atomic E-state index is 12.4. The first-order chi connectivity index (χ1) is 9.93. The Kier molecular flexibility index (Phi) is 5.12. The molecule has 5 nitrogen and oxygen atoms in total. The zero-order valence-electron chi connectivity index (χ0n) is 13.3. The van der Waals surface area contributed by atoms with Crippen molar-refractivity contribution >= 4 is 12.0 Å². The van der Waals surface area contributed by atoms with Crippen molar-refractivity contribution in [2.75, 3.05) is 26.7 Å². The molecule has 1 aliphatic heterocycles. The smallest absolute Gasteiger partial charge is 0.319 e. The fourth-order valence-electron chi connectivity index (χ4n) is 3.78. The van der Waals surface area contributed by atoms with Crippen LogP contribution in [0.4, 0.5) is 4.79 Å². The van der Waals surface area contributed by atoms with Crippen LogP contribution in [-0.4, -0.2) is 53.6 Å². The molecule has 120 valence electrons. The second kappa shape index (κ2) is 6.67. The van der Waals surface area contributed by atoms with Gasteiger partial charge in [0.25, 0.3) is 0 Å². The second-order valence-corrected chi connectivity index (χ2v) is 6.95. The molecular weight excluding hydrogens is 268 g/mol. The number of carbonyl (C=O) groups is 2. The lowest BCUT2D eigenvalue weighted by molar-refractivity contribution is -0.141. The predicted octanol–water partition coefficient (Wildman–Crippen LogP) is 2.81. The minimum absolute atomic E-state index is 0.0197. The molecule has 2 fully saturated rings. The maximum Gasteiger partial charge on any atom is 0.319 e. The summed E-state index contributed by atoms with van der Waals surface area (Å²) in [4.78, 5) is 26.7. The number of likely N-dealkylation sites (tertiary alicyclic amines) is 1. The summed E-state index contributed by atoms with van der Waals surface area (Å²) < 4.78 is 0. The quantitative estimate of drug-likeness (QED) is 0.871. The van der Waals surface area contributed by atoms with Crippen molar-refractivity contribution in [1.82, 2.24) is 9.80 Å². The number of rotatable bonds is 3. The minimum Gasteiger partial charge on any atom is -0.481 e. The number of aliphatic carboxylic acids is 1. The molecule has 0 aromatic carbocycles. The Morgan fingerprint density at radius 2 is 1.71 bits per heavy atom. The Morgan fingerprint density at radius 3 is 2.24 bits per heavy atom. The van der Waals surface area contributed by atoms with Gasteiger partial charge in [-0.05, 0) is 31.1 Å². The third-order valence-corrected chi connectivity index (χ3v) is 5.30. The Balaban J connectivity index is 1.83. The molecule has 1 heterocycles. The van der Waals surface area contributed by atoms with Gasteiger partial charge >= 0.3 is 12.0 Å². The number of carbonyl (C=O) groups excluding carboxylic acids is 1. The van der Waals surface area contributed by atoms with Crippen molar-refractivity contribution in [3.05, 3.63) is 0 Å². The first-order valence-corrected chi connectivity index (χ1v) is 8.16. The SMILES string of the molecule is CC(CN(C)C(=O)N1CCC2(CCCCC2)CC1)C(=O)O. The summed E-state index contributed by atoms with van der Waals surface area (Å²) in [5.74, 6) is -1.37. The Morgan fingerprint density at radius 1 is 1.14 bits per heavy atom. The molecule has 21 heavy (non-hydrogen) atoms. The maximum atomic E-state index is 12.4. The number of carboxylic acids is 1. The van der Waals surface area contributed by atoms with Gasteiger partial charge < -0.3 is 14.9 Å². The molecule has 5 heteroatoms. The fourth-order valence-corrected chi connectivity index (χ4v) is 3.78. The molecule has 2 aliphatic rings. The van der Waals surface area contributed by atoms with Crippen LogP contribution in [0.25, 0.3) is 0 Å². The first-order valence-electron chi connectivity index (χ1n) is 8.16. The average molecular weight is 296 g/mol. The largest absolute Gasteiger partial charge is 0.481 e. The molecule has 1 saturated heterocycles. The number of hydrogen-bond donors (Lipinski definition) is 1.